The maximum atomic E-state index is 4.39. The highest BCUT2D eigenvalue weighted by atomic mass is 15.5. The maximum absolute atomic E-state index is 4.39. The lowest BCUT2D eigenvalue weighted by molar-refractivity contribution is 0.193. The van der Waals surface area contributed by atoms with Crippen LogP contribution in [0.15, 0.2) is 4.99 Å². The van der Waals surface area contributed by atoms with E-state index in [9.17, 15) is 0 Å². The van der Waals surface area contributed by atoms with E-state index < -0.39 is 0 Å². The number of hydrogen-bond acceptors (Lipinski definition) is 3. The lowest BCUT2D eigenvalue weighted by Crippen LogP contribution is -2.44. The number of hydrogen-bond donors (Lipinski definition) is 1. The molecule has 0 radical (unpaired) electrons. The van der Waals surface area contributed by atoms with E-state index in [1.807, 2.05) is 0 Å². The summed E-state index contributed by atoms with van der Waals surface area (Å²) in [5.41, 5.74) is 3.40. The molecule has 0 aromatic carbocycles. The molecule has 12 heavy (non-hydrogen) atoms. The Kier molecular flexibility index (Phi) is 2.61. The zero-order chi connectivity index (χ0) is 8.23. The summed E-state index contributed by atoms with van der Waals surface area (Å²) in [5, 5.41) is 2.31. The van der Waals surface area contributed by atoms with Gasteiger partial charge in [0, 0.05) is 26.1 Å². The fraction of sp³-hybridized carbons (Fsp3) is 0.889. The van der Waals surface area contributed by atoms with E-state index in [0.29, 0.717) is 0 Å². The molecule has 2 rings (SSSR count). The average molecular weight is 167 g/mol. The van der Waals surface area contributed by atoms with E-state index in [2.05, 4.69) is 15.4 Å². The summed E-state index contributed by atoms with van der Waals surface area (Å²) in [5.74, 6) is 1.21. The average Bonchev–Trinajstić information content (AvgIpc) is 2.59. The Balaban J connectivity index is 1.77. The van der Waals surface area contributed by atoms with Gasteiger partial charge in [0.05, 0.1) is 0 Å². The molecule has 0 bridgehead atoms. The third-order valence-corrected chi connectivity index (χ3v) is 2.52. The second-order valence-electron chi connectivity index (χ2n) is 3.59. The van der Waals surface area contributed by atoms with Gasteiger partial charge in [0.1, 0.15) is 5.84 Å². The zero-order valence-corrected chi connectivity index (χ0v) is 7.55. The summed E-state index contributed by atoms with van der Waals surface area (Å²) in [4.78, 5) is 4.39. The molecule has 3 heteroatoms. The van der Waals surface area contributed by atoms with Crippen molar-refractivity contribution >= 4 is 5.84 Å². The van der Waals surface area contributed by atoms with Crippen molar-refractivity contribution < 1.29 is 0 Å². The first-order valence-electron chi connectivity index (χ1n) is 5.00. The third kappa shape index (κ3) is 1.97. The molecular weight excluding hydrogens is 150 g/mol. The molecule has 0 saturated carbocycles. The fourth-order valence-corrected chi connectivity index (χ4v) is 1.82. The summed E-state index contributed by atoms with van der Waals surface area (Å²) in [6, 6.07) is 0. The Morgan fingerprint density at radius 3 is 2.58 bits per heavy atom. The topological polar surface area (TPSA) is 27.6 Å². The van der Waals surface area contributed by atoms with E-state index in [4.69, 9.17) is 0 Å². The third-order valence-electron chi connectivity index (χ3n) is 2.52. The summed E-state index contributed by atoms with van der Waals surface area (Å²) in [6.45, 7) is 3.41. The van der Waals surface area contributed by atoms with Gasteiger partial charge in [-0.15, -0.1) is 0 Å². The van der Waals surface area contributed by atoms with Gasteiger partial charge < -0.3 is 5.43 Å². The highest BCUT2D eigenvalue weighted by molar-refractivity contribution is 5.83. The Morgan fingerprint density at radius 2 is 1.92 bits per heavy atom. The lowest BCUT2D eigenvalue weighted by Gasteiger charge is -2.27. The number of aliphatic imine (C=N–C) groups is 1. The van der Waals surface area contributed by atoms with E-state index >= 15 is 0 Å². The van der Waals surface area contributed by atoms with Gasteiger partial charge in [-0.3, -0.25) is 4.99 Å². The van der Waals surface area contributed by atoms with Crippen LogP contribution in [0.2, 0.25) is 0 Å². The van der Waals surface area contributed by atoms with Crippen molar-refractivity contribution in [3.05, 3.63) is 0 Å². The van der Waals surface area contributed by atoms with Crippen LogP contribution in [0.25, 0.3) is 0 Å². The van der Waals surface area contributed by atoms with Crippen LogP contribution in [0, 0.1) is 0 Å². The molecule has 0 amide bonds. The van der Waals surface area contributed by atoms with Crippen molar-refractivity contribution in [1.29, 1.82) is 0 Å². The normalized spacial score (nSPS) is 25.5. The van der Waals surface area contributed by atoms with Gasteiger partial charge in [-0.2, -0.15) is 0 Å². The molecule has 2 heterocycles. The Hall–Kier alpha value is -0.570. The highest BCUT2D eigenvalue weighted by Crippen LogP contribution is 2.08. The van der Waals surface area contributed by atoms with Crippen LogP contribution < -0.4 is 5.43 Å². The second kappa shape index (κ2) is 3.90. The van der Waals surface area contributed by atoms with Gasteiger partial charge >= 0.3 is 0 Å². The van der Waals surface area contributed by atoms with Crippen molar-refractivity contribution in [2.24, 2.45) is 4.99 Å². The largest absolute Gasteiger partial charge is 0.307 e. The summed E-state index contributed by atoms with van der Waals surface area (Å²) >= 11 is 0. The van der Waals surface area contributed by atoms with Gasteiger partial charge in [0.25, 0.3) is 0 Å². The smallest absolute Gasteiger partial charge is 0.111 e. The first-order chi connectivity index (χ1) is 5.95. The van der Waals surface area contributed by atoms with Crippen molar-refractivity contribution in [3.63, 3.8) is 0 Å². The van der Waals surface area contributed by atoms with Crippen molar-refractivity contribution in [2.75, 3.05) is 19.6 Å². The molecule has 0 unspecified atom stereocenters. The molecule has 1 N–H and O–H groups in total. The SMILES string of the molecule is C1CCN(NC2=NCCC2)CC1. The number of hydrazine groups is 1. The summed E-state index contributed by atoms with van der Waals surface area (Å²) in [7, 11) is 0. The van der Waals surface area contributed by atoms with Crippen LogP contribution in [0.3, 0.4) is 0 Å². The van der Waals surface area contributed by atoms with Crippen molar-refractivity contribution in [2.45, 2.75) is 32.1 Å². The van der Waals surface area contributed by atoms with Crippen LogP contribution in [0.1, 0.15) is 32.1 Å². The minimum atomic E-state index is 1.02. The lowest BCUT2D eigenvalue weighted by atomic mass is 10.2. The minimum Gasteiger partial charge on any atom is -0.307 e. The number of nitrogens with one attached hydrogen (secondary N) is 1. The van der Waals surface area contributed by atoms with Crippen molar-refractivity contribution in [1.82, 2.24) is 10.4 Å². The Bertz CT molecular complexity index is 171. The number of nitrogens with zero attached hydrogens (tertiary/aromatic N) is 2. The van der Waals surface area contributed by atoms with Gasteiger partial charge in [-0.25, -0.2) is 5.01 Å². The van der Waals surface area contributed by atoms with Crippen LogP contribution in [-0.4, -0.2) is 30.5 Å². The Morgan fingerprint density at radius 1 is 1.08 bits per heavy atom. The molecule has 2 aliphatic heterocycles. The van der Waals surface area contributed by atoms with Crippen molar-refractivity contribution in [3.8, 4) is 0 Å². The second-order valence-corrected chi connectivity index (χ2v) is 3.59. The van der Waals surface area contributed by atoms with E-state index in [-0.39, 0.29) is 0 Å². The number of piperidine rings is 1. The Labute approximate surface area is 73.8 Å². The van der Waals surface area contributed by atoms with Crippen LogP contribution >= 0.6 is 0 Å². The molecule has 3 nitrogen and oxygen atoms in total. The van der Waals surface area contributed by atoms with Gasteiger partial charge in [-0.05, 0) is 19.3 Å². The maximum Gasteiger partial charge on any atom is 0.111 e. The molecule has 1 saturated heterocycles. The van der Waals surface area contributed by atoms with Crippen LogP contribution in [0.5, 0.6) is 0 Å². The van der Waals surface area contributed by atoms with E-state index in [1.54, 1.807) is 0 Å². The first kappa shape index (κ1) is 8.05. The highest BCUT2D eigenvalue weighted by Gasteiger charge is 2.12. The van der Waals surface area contributed by atoms with Gasteiger partial charge in [-0.1, -0.05) is 6.42 Å². The molecule has 0 atom stereocenters. The summed E-state index contributed by atoms with van der Waals surface area (Å²) in [6.07, 6.45) is 6.44. The zero-order valence-electron chi connectivity index (χ0n) is 7.55. The first-order valence-corrected chi connectivity index (χ1v) is 5.00. The molecule has 1 fully saturated rings. The van der Waals surface area contributed by atoms with Crippen LogP contribution in [-0.2, 0) is 0 Å². The summed E-state index contributed by atoms with van der Waals surface area (Å²) < 4.78 is 0. The van der Waals surface area contributed by atoms with Crippen LogP contribution in [0.4, 0.5) is 0 Å². The predicted octanol–water partition coefficient (Wildman–Crippen LogP) is 1.17. The van der Waals surface area contributed by atoms with Gasteiger partial charge in [0.2, 0.25) is 0 Å². The number of rotatable bonds is 1. The quantitative estimate of drug-likeness (QED) is 0.635. The standard InChI is InChI=1S/C9H17N3/c1-2-7-12(8-3-1)11-9-5-4-6-10-9/h1-8H2,(H,10,11). The van der Waals surface area contributed by atoms with E-state index in [0.717, 1.165) is 13.0 Å². The number of amidine groups is 1. The predicted molar refractivity (Wildman–Crippen MR) is 50.1 cm³/mol. The monoisotopic (exact) mass is 167 g/mol. The van der Waals surface area contributed by atoms with E-state index in [1.165, 1.54) is 44.6 Å². The molecule has 0 aromatic heterocycles. The molecule has 68 valence electrons. The molecule has 0 spiro atoms. The minimum absolute atomic E-state index is 1.02. The molecular formula is C9H17N3. The molecule has 2 aliphatic rings. The fourth-order valence-electron chi connectivity index (χ4n) is 1.82. The molecule has 0 aliphatic carbocycles. The van der Waals surface area contributed by atoms with Gasteiger partial charge in [0.15, 0.2) is 0 Å². The molecule has 0 aromatic rings.